The van der Waals surface area contributed by atoms with Crippen LogP contribution in [0, 0.1) is 5.92 Å². The molecule has 0 amide bonds. The Kier molecular flexibility index (Phi) is 10.1. The standard InChI is InChI=1S/C20H40O2Si/c1-10-11-12-19(14-13-15(2)3)20(21)22-23(16(4)5,17(6)7)18(8)9/h14-18H,10-13H2,1-9H3/b19-14+. The van der Waals surface area contributed by atoms with Crippen molar-refractivity contribution in [3.8, 4) is 0 Å². The monoisotopic (exact) mass is 340 g/mol. The summed E-state index contributed by atoms with van der Waals surface area (Å²) >= 11 is 0. The fraction of sp³-hybridized carbons (Fsp3) is 0.850. The molecule has 0 bridgehead atoms. The number of carbonyl (C=O) groups excluding carboxylic acids is 1. The molecular formula is C20H40O2Si. The zero-order chi connectivity index (χ0) is 18.2. The lowest BCUT2D eigenvalue weighted by Gasteiger charge is -2.41. The van der Waals surface area contributed by atoms with E-state index < -0.39 is 8.32 Å². The average molecular weight is 341 g/mol. The predicted octanol–water partition coefficient (Wildman–Crippen LogP) is 6.87. The minimum Gasteiger partial charge on any atom is -0.515 e. The molecule has 0 rings (SSSR count). The molecular weight excluding hydrogens is 300 g/mol. The van der Waals surface area contributed by atoms with Crippen molar-refractivity contribution in [2.75, 3.05) is 0 Å². The molecule has 0 heterocycles. The van der Waals surface area contributed by atoms with Gasteiger partial charge in [-0.15, -0.1) is 0 Å². The van der Waals surface area contributed by atoms with Crippen LogP contribution in [-0.4, -0.2) is 14.3 Å². The summed E-state index contributed by atoms with van der Waals surface area (Å²) in [5.74, 6) is 0.531. The summed E-state index contributed by atoms with van der Waals surface area (Å²) in [5, 5.41) is 0. The molecule has 0 aliphatic carbocycles. The van der Waals surface area contributed by atoms with Crippen molar-refractivity contribution in [1.29, 1.82) is 0 Å². The van der Waals surface area contributed by atoms with Crippen LogP contribution < -0.4 is 0 Å². The van der Waals surface area contributed by atoms with Crippen molar-refractivity contribution >= 4 is 14.3 Å². The number of rotatable bonds is 10. The van der Waals surface area contributed by atoms with Gasteiger partial charge in [0.15, 0.2) is 0 Å². The molecule has 0 radical (unpaired) electrons. The molecule has 0 N–H and O–H groups in total. The largest absolute Gasteiger partial charge is 0.515 e. The van der Waals surface area contributed by atoms with E-state index >= 15 is 0 Å². The van der Waals surface area contributed by atoms with Crippen molar-refractivity contribution < 1.29 is 9.22 Å². The van der Waals surface area contributed by atoms with Crippen molar-refractivity contribution in [2.24, 2.45) is 5.92 Å². The van der Waals surface area contributed by atoms with E-state index in [0.717, 1.165) is 31.3 Å². The van der Waals surface area contributed by atoms with E-state index in [2.05, 4.69) is 68.4 Å². The summed E-state index contributed by atoms with van der Waals surface area (Å²) in [6.07, 6.45) is 6.09. The van der Waals surface area contributed by atoms with Gasteiger partial charge in [-0.05, 0) is 41.8 Å². The Morgan fingerprint density at radius 3 is 1.78 bits per heavy atom. The van der Waals surface area contributed by atoms with Gasteiger partial charge < -0.3 is 4.43 Å². The van der Waals surface area contributed by atoms with Crippen molar-refractivity contribution in [2.45, 2.75) is 105 Å². The van der Waals surface area contributed by atoms with Gasteiger partial charge in [-0.1, -0.05) is 74.8 Å². The zero-order valence-corrected chi connectivity index (χ0v) is 18.0. The number of hydrogen-bond acceptors (Lipinski definition) is 2. The van der Waals surface area contributed by atoms with Crippen LogP contribution in [0.2, 0.25) is 16.6 Å². The normalized spacial score (nSPS) is 13.5. The third-order valence-corrected chi connectivity index (χ3v) is 10.8. The Balaban J connectivity index is 5.43. The first kappa shape index (κ1) is 22.4. The van der Waals surface area contributed by atoms with E-state index in [1.165, 1.54) is 0 Å². The molecule has 0 aliphatic rings. The van der Waals surface area contributed by atoms with E-state index in [-0.39, 0.29) is 5.97 Å². The zero-order valence-electron chi connectivity index (χ0n) is 17.0. The van der Waals surface area contributed by atoms with Crippen LogP contribution in [0.4, 0.5) is 0 Å². The highest BCUT2D eigenvalue weighted by Crippen LogP contribution is 2.42. The Morgan fingerprint density at radius 1 is 0.957 bits per heavy atom. The summed E-state index contributed by atoms with van der Waals surface area (Å²) in [7, 11) is -2.14. The van der Waals surface area contributed by atoms with Crippen LogP contribution in [0.15, 0.2) is 11.6 Å². The Labute approximate surface area is 146 Å². The first-order chi connectivity index (χ1) is 10.6. The Hall–Kier alpha value is -0.573. The lowest BCUT2D eigenvalue weighted by molar-refractivity contribution is -0.131. The first-order valence-electron chi connectivity index (χ1n) is 9.51. The van der Waals surface area contributed by atoms with E-state index in [1.807, 2.05) is 0 Å². The average Bonchev–Trinajstić information content (AvgIpc) is 2.42. The van der Waals surface area contributed by atoms with Crippen LogP contribution in [0.1, 0.15) is 88.0 Å². The SMILES string of the molecule is CCCC/C(=C\CC(C)C)C(=O)O[Si](C(C)C)(C(C)C)C(C)C. The summed E-state index contributed by atoms with van der Waals surface area (Å²) < 4.78 is 6.35. The molecule has 23 heavy (non-hydrogen) atoms. The highest BCUT2D eigenvalue weighted by Gasteiger charge is 2.48. The van der Waals surface area contributed by atoms with Crippen LogP contribution in [0.3, 0.4) is 0 Å². The maximum atomic E-state index is 12.9. The molecule has 0 aromatic heterocycles. The van der Waals surface area contributed by atoms with Gasteiger partial charge in [0.25, 0.3) is 8.32 Å². The topological polar surface area (TPSA) is 26.3 Å². The molecule has 0 aliphatic heterocycles. The molecule has 0 spiro atoms. The first-order valence-corrected chi connectivity index (χ1v) is 11.7. The van der Waals surface area contributed by atoms with Crippen LogP contribution >= 0.6 is 0 Å². The highest BCUT2D eigenvalue weighted by atomic mass is 28.4. The molecule has 0 aromatic carbocycles. The third-order valence-electron chi connectivity index (χ3n) is 4.87. The molecule has 136 valence electrons. The van der Waals surface area contributed by atoms with Crippen LogP contribution in [0.25, 0.3) is 0 Å². The number of unbranched alkanes of at least 4 members (excludes halogenated alkanes) is 1. The Bertz CT molecular complexity index is 359. The molecule has 0 atom stereocenters. The van der Waals surface area contributed by atoms with Gasteiger partial charge in [-0.2, -0.15) is 0 Å². The Morgan fingerprint density at radius 2 is 1.43 bits per heavy atom. The van der Waals surface area contributed by atoms with Crippen molar-refractivity contribution in [1.82, 2.24) is 0 Å². The molecule has 2 nitrogen and oxygen atoms in total. The molecule has 0 saturated heterocycles. The van der Waals surface area contributed by atoms with E-state index in [0.29, 0.717) is 22.5 Å². The molecule has 3 heteroatoms. The lowest BCUT2D eigenvalue weighted by atomic mass is 10.0. The van der Waals surface area contributed by atoms with Gasteiger partial charge in [0.2, 0.25) is 0 Å². The van der Waals surface area contributed by atoms with E-state index in [9.17, 15) is 4.79 Å². The fourth-order valence-corrected chi connectivity index (χ4v) is 8.77. The quantitative estimate of drug-likeness (QED) is 0.320. The van der Waals surface area contributed by atoms with Crippen molar-refractivity contribution in [3.05, 3.63) is 11.6 Å². The van der Waals surface area contributed by atoms with E-state index in [1.54, 1.807) is 0 Å². The lowest BCUT2D eigenvalue weighted by Crippen LogP contribution is -2.49. The summed E-state index contributed by atoms with van der Waals surface area (Å²) in [6.45, 7) is 19.9. The second-order valence-corrected chi connectivity index (χ2v) is 13.5. The van der Waals surface area contributed by atoms with Gasteiger partial charge >= 0.3 is 5.97 Å². The molecule has 0 unspecified atom stereocenters. The highest BCUT2D eigenvalue weighted by molar-refractivity contribution is 6.79. The van der Waals surface area contributed by atoms with Crippen LogP contribution in [-0.2, 0) is 9.22 Å². The number of allylic oxidation sites excluding steroid dienone is 1. The van der Waals surface area contributed by atoms with E-state index in [4.69, 9.17) is 4.43 Å². The molecule has 0 fully saturated rings. The molecule has 0 aromatic rings. The summed E-state index contributed by atoms with van der Waals surface area (Å²) in [5.41, 5.74) is 2.20. The molecule has 0 saturated carbocycles. The van der Waals surface area contributed by atoms with Gasteiger partial charge in [0.1, 0.15) is 0 Å². The fourth-order valence-electron chi connectivity index (χ4n) is 3.61. The van der Waals surface area contributed by atoms with Gasteiger partial charge in [-0.25, -0.2) is 4.79 Å². The predicted molar refractivity (Wildman–Crippen MR) is 104 cm³/mol. The maximum absolute atomic E-state index is 12.9. The minimum atomic E-state index is -2.14. The van der Waals surface area contributed by atoms with Gasteiger partial charge in [-0.3, -0.25) is 0 Å². The smallest absolute Gasteiger partial charge is 0.320 e. The third kappa shape index (κ3) is 6.44. The summed E-state index contributed by atoms with van der Waals surface area (Å²) in [6, 6.07) is 0. The second kappa shape index (κ2) is 10.3. The maximum Gasteiger partial charge on any atom is 0.320 e. The van der Waals surface area contributed by atoms with Crippen molar-refractivity contribution in [3.63, 3.8) is 0 Å². The number of hydrogen-bond donors (Lipinski definition) is 0. The summed E-state index contributed by atoms with van der Waals surface area (Å²) in [4.78, 5) is 12.9. The minimum absolute atomic E-state index is 0.0399. The second-order valence-electron chi connectivity index (χ2n) is 8.17. The van der Waals surface area contributed by atoms with Crippen LogP contribution in [0.5, 0.6) is 0 Å². The number of carbonyl (C=O) groups is 1. The van der Waals surface area contributed by atoms with Gasteiger partial charge in [0, 0.05) is 5.57 Å². The van der Waals surface area contributed by atoms with Gasteiger partial charge in [0.05, 0.1) is 0 Å².